The smallest absolute Gasteiger partial charge is 0.0424 e. The van der Waals surface area contributed by atoms with Gasteiger partial charge in [0.15, 0.2) is 0 Å². The van der Waals surface area contributed by atoms with E-state index in [0.717, 1.165) is 15.7 Å². The van der Waals surface area contributed by atoms with Gasteiger partial charge in [-0.25, -0.2) is 0 Å². The predicted molar refractivity (Wildman–Crippen MR) is 87.4 cm³/mol. The topological polar surface area (TPSA) is 12.0 Å². The number of aryl methyl sites for hydroxylation is 2. The largest absolute Gasteiger partial charge is 0.381 e. The van der Waals surface area contributed by atoms with E-state index in [4.69, 9.17) is 23.2 Å². The van der Waals surface area contributed by atoms with Crippen molar-refractivity contribution in [2.45, 2.75) is 20.4 Å². The highest BCUT2D eigenvalue weighted by Gasteiger charge is 2.05. The molecule has 0 aliphatic rings. The van der Waals surface area contributed by atoms with Crippen LogP contribution in [0, 0.1) is 13.8 Å². The van der Waals surface area contributed by atoms with E-state index in [2.05, 4.69) is 47.2 Å². The second-order valence-electron chi connectivity index (χ2n) is 4.55. The predicted octanol–water partition coefficient (Wildman–Crippen LogP) is 5.98. The number of halogens is 3. The molecule has 1 nitrogen and oxygen atoms in total. The summed E-state index contributed by atoms with van der Waals surface area (Å²) in [6, 6.07) is 9.78. The van der Waals surface area contributed by atoms with Crippen molar-refractivity contribution in [2.24, 2.45) is 0 Å². The summed E-state index contributed by atoms with van der Waals surface area (Å²) >= 11 is 15.5. The zero-order chi connectivity index (χ0) is 14.0. The van der Waals surface area contributed by atoms with Gasteiger partial charge in [-0.3, -0.25) is 0 Å². The van der Waals surface area contributed by atoms with Gasteiger partial charge in [-0.05, 0) is 60.9 Å². The van der Waals surface area contributed by atoms with Gasteiger partial charge in [-0.1, -0.05) is 39.1 Å². The third-order valence-electron chi connectivity index (χ3n) is 2.89. The van der Waals surface area contributed by atoms with Gasteiger partial charge in [0.25, 0.3) is 0 Å². The maximum Gasteiger partial charge on any atom is 0.0424 e. The monoisotopic (exact) mass is 357 g/mol. The van der Waals surface area contributed by atoms with Crippen LogP contribution in [0.3, 0.4) is 0 Å². The van der Waals surface area contributed by atoms with Gasteiger partial charge in [0.05, 0.1) is 0 Å². The third kappa shape index (κ3) is 3.88. The molecule has 2 aromatic rings. The first-order valence-electron chi connectivity index (χ1n) is 5.91. The van der Waals surface area contributed by atoms with Crippen molar-refractivity contribution in [3.8, 4) is 0 Å². The molecule has 0 radical (unpaired) electrons. The van der Waals surface area contributed by atoms with E-state index in [0.29, 0.717) is 16.6 Å². The van der Waals surface area contributed by atoms with E-state index in [1.165, 1.54) is 11.1 Å². The van der Waals surface area contributed by atoms with Crippen LogP contribution in [-0.4, -0.2) is 0 Å². The van der Waals surface area contributed by atoms with Crippen LogP contribution in [-0.2, 0) is 6.54 Å². The SMILES string of the molecule is Cc1cc(Br)cc(C)c1NCc1cc(Cl)cc(Cl)c1. The van der Waals surface area contributed by atoms with Gasteiger partial charge in [0.1, 0.15) is 0 Å². The lowest BCUT2D eigenvalue weighted by atomic mass is 10.1. The molecule has 2 aromatic carbocycles. The molecule has 0 bridgehead atoms. The van der Waals surface area contributed by atoms with Crippen LogP contribution in [0.15, 0.2) is 34.8 Å². The number of anilines is 1. The van der Waals surface area contributed by atoms with Crippen LogP contribution in [0.2, 0.25) is 10.0 Å². The van der Waals surface area contributed by atoms with Crippen molar-refractivity contribution in [1.29, 1.82) is 0 Å². The Balaban J connectivity index is 2.19. The average molecular weight is 359 g/mol. The van der Waals surface area contributed by atoms with Crippen LogP contribution in [0.25, 0.3) is 0 Å². The Morgan fingerprint density at radius 2 is 1.47 bits per heavy atom. The number of hydrogen-bond donors (Lipinski definition) is 1. The molecule has 0 saturated heterocycles. The molecule has 0 atom stereocenters. The van der Waals surface area contributed by atoms with Crippen molar-refractivity contribution in [1.82, 2.24) is 0 Å². The Labute approximate surface area is 132 Å². The molecule has 0 fully saturated rings. The third-order valence-corrected chi connectivity index (χ3v) is 3.78. The van der Waals surface area contributed by atoms with Gasteiger partial charge in [-0.2, -0.15) is 0 Å². The Hall–Kier alpha value is -0.700. The molecule has 0 heterocycles. The van der Waals surface area contributed by atoms with Crippen molar-refractivity contribution in [3.63, 3.8) is 0 Å². The standard InChI is InChI=1S/C15H14BrCl2N/c1-9-3-12(16)4-10(2)15(9)19-8-11-5-13(17)7-14(18)6-11/h3-7,19H,8H2,1-2H3. The van der Waals surface area contributed by atoms with Crippen LogP contribution in [0.5, 0.6) is 0 Å². The molecule has 100 valence electrons. The lowest BCUT2D eigenvalue weighted by molar-refractivity contribution is 1.13. The van der Waals surface area contributed by atoms with Crippen molar-refractivity contribution in [2.75, 3.05) is 5.32 Å². The number of hydrogen-bond acceptors (Lipinski definition) is 1. The Morgan fingerprint density at radius 1 is 0.947 bits per heavy atom. The lowest BCUT2D eigenvalue weighted by Gasteiger charge is -2.14. The minimum Gasteiger partial charge on any atom is -0.381 e. The highest BCUT2D eigenvalue weighted by atomic mass is 79.9. The lowest BCUT2D eigenvalue weighted by Crippen LogP contribution is -2.03. The number of nitrogens with one attached hydrogen (secondary N) is 1. The Bertz CT molecular complexity index is 568. The van der Waals surface area contributed by atoms with Crippen molar-refractivity contribution in [3.05, 3.63) is 61.5 Å². The first-order valence-corrected chi connectivity index (χ1v) is 7.46. The van der Waals surface area contributed by atoms with Crippen LogP contribution in [0.1, 0.15) is 16.7 Å². The minimum atomic E-state index is 0.661. The normalized spacial score (nSPS) is 10.6. The molecule has 4 heteroatoms. The molecule has 0 aromatic heterocycles. The highest BCUT2D eigenvalue weighted by molar-refractivity contribution is 9.10. The summed E-state index contributed by atoms with van der Waals surface area (Å²) in [5, 5.41) is 4.76. The van der Waals surface area contributed by atoms with Gasteiger partial charge < -0.3 is 5.32 Å². The maximum atomic E-state index is 6.00. The quantitative estimate of drug-likeness (QED) is 0.710. The zero-order valence-electron chi connectivity index (χ0n) is 10.7. The molecule has 2 rings (SSSR count). The second-order valence-corrected chi connectivity index (χ2v) is 6.33. The summed E-state index contributed by atoms with van der Waals surface area (Å²) in [6.45, 7) is 4.87. The average Bonchev–Trinajstić information content (AvgIpc) is 2.25. The van der Waals surface area contributed by atoms with Crippen LogP contribution in [0.4, 0.5) is 5.69 Å². The van der Waals surface area contributed by atoms with E-state index in [1.807, 2.05) is 12.1 Å². The maximum absolute atomic E-state index is 6.00. The van der Waals surface area contributed by atoms with Crippen molar-refractivity contribution >= 4 is 44.8 Å². The molecule has 0 aliphatic heterocycles. The summed E-state index contributed by atoms with van der Waals surface area (Å²) < 4.78 is 1.10. The summed E-state index contributed by atoms with van der Waals surface area (Å²) in [5.41, 5.74) is 4.64. The summed E-state index contributed by atoms with van der Waals surface area (Å²) in [5.74, 6) is 0. The van der Waals surface area contributed by atoms with Crippen LogP contribution >= 0.6 is 39.1 Å². The van der Waals surface area contributed by atoms with E-state index >= 15 is 0 Å². The van der Waals surface area contributed by atoms with Gasteiger partial charge in [-0.15, -0.1) is 0 Å². The van der Waals surface area contributed by atoms with E-state index in [1.54, 1.807) is 6.07 Å². The molecular weight excluding hydrogens is 345 g/mol. The van der Waals surface area contributed by atoms with E-state index in [-0.39, 0.29) is 0 Å². The fraction of sp³-hybridized carbons (Fsp3) is 0.200. The summed E-state index contributed by atoms with van der Waals surface area (Å²) in [6.07, 6.45) is 0. The van der Waals surface area contributed by atoms with E-state index in [9.17, 15) is 0 Å². The molecule has 0 unspecified atom stereocenters. The molecule has 0 spiro atoms. The Morgan fingerprint density at radius 3 is 2.00 bits per heavy atom. The highest BCUT2D eigenvalue weighted by Crippen LogP contribution is 2.26. The fourth-order valence-corrected chi connectivity index (χ4v) is 3.35. The molecule has 0 amide bonds. The molecule has 0 saturated carbocycles. The summed E-state index contributed by atoms with van der Waals surface area (Å²) in [7, 11) is 0. The van der Waals surface area contributed by atoms with E-state index < -0.39 is 0 Å². The van der Waals surface area contributed by atoms with Gasteiger partial charge >= 0.3 is 0 Å². The fourth-order valence-electron chi connectivity index (χ4n) is 2.09. The first-order chi connectivity index (χ1) is 8.95. The van der Waals surface area contributed by atoms with Gasteiger partial charge in [0, 0.05) is 26.8 Å². The Kier molecular flexibility index (Phi) is 4.77. The molecule has 1 N–H and O–H groups in total. The molecule has 0 aliphatic carbocycles. The number of benzene rings is 2. The van der Waals surface area contributed by atoms with Crippen molar-refractivity contribution < 1.29 is 0 Å². The summed E-state index contributed by atoms with van der Waals surface area (Å²) in [4.78, 5) is 0. The number of rotatable bonds is 3. The molecule has 19 heavy (non-hydrogen) atoms. The zero-order valence-corrected chi connectivity index (χ0v) is 13.8. The first kappa shape index (κ1) is 14.7. The molecular formula is C15H14BrCl2N. The second kappa shape index (κ2) is 6.17. The minimum absolute atomic E-state index is 0.661. The van der Waals surface area contributed by atoms with Gasteiger partial charge in [0.2, 0.25) is 0 Å². The van der Waals surface area contributed by atoms with Crippen LogP contribution < -0.4 is 5.32 Å².